The van der Waals surface area contributed by atoms with Gasteiger partial charge in [0.05, 0.1) is 12.1 Å². The van der Waals surface area contributed by atoms with E-state index in [2.05, 4.69) is 18.7 Å². The molecule has 2 heterocycles. The van der Waals surface area contributed by atoms with Gasteiger partial charge in [0.15, 0.2) is 0 Å². The molecule has 3 rings (SSSR count). The van der Waals surface area contributed by atoms with E-state index in [0.717, 1.165) is 38.0 Å². The zero-order chi connectivity index (χ0) is 18.0. The summed E-state index contributed by atoms with van der Waals surface area (Å²) in [5.74, 6) is 0.526. The van der Waals surface area contributed by atoms with Crippen molar-refractivity contribution in [1.29, 1.82) is 0 Å². The smallest absolute Gasteiger partial charge is 0.241 e. The Morgan fingerprint density at radius 1 is 1.16 bits per heavy atom. The summed E-state index contributed by atoms with van der Waals surface area (Å²) in [6.07, 6.45) is 2.71. The average Bonchev–Trinajstić information content (AvgIpc) is 3.05. The summed E-state index contributed by atoms with van der Waals surface area (Å²) in [7, 11) is 2.02. The largest absolute Gasteiger partial charge is 0.340 e. The van der Waals surface area contributed by atoms with E-state index in [1.165, 1.54) is 0 Å². The minimum Gasteiger partial charge on any atom is -0.340 e. The Morgan fingerprint density at radius 3 is 2.48 bits per heavy atom. The van der Waals surface area contributed by atoms with Gasteiger partial charge in [-0.1, -0.05) is 32.0 Å². The molecular weight excluding hydrogens is 314 g/mol. The third-order valence-electron chi connectivity index (χ3n) is 5.98. The summed E-state index contributed by atoms with van der Waals surface area (Å²) in [6.45, 7) is 6.73. The lowest BCUT2D eigenvalue weighted by Gasteiger charge is -2.46. The lowest BCUT2D eigenvalue weighted by atomic mass is 9.92. The number of likely N-dealkylation sites (tertiary alicyclic amines) is 1. The van der Waals surface area contributed by atoms with E-state index >= 15 is 0 Å². The van der Waals surface area contributed by atoms with Crippen molar-refractivity contribution in [1.82, 2.24) is 9.80 Å². The Bertz CT molecular complexity index is 629. The van der Waals surface area contributed by atoms with Gasteiger partial charge >= 0.3 is 0 Å². The molecule has 2 aliphatic heterocycles. The predicted molar refractivity (Wildman–Crippen MR) is 99.4 cm³/mol. The molecule has 25 heavy (non-hydrogen) atoms. The van der Waals surface area contributed by atoms with Crippen molar-refractivity contribution in [3.05, 3.63) is 30.3 Å². The van der Waals surface area contributed by atoms with Gasteiger partial charge in [-0.3, -0.25) is 14.5 Å². The normalized spacial score (nSPS) is 24.6. The minimum atomic E-state index is -0.133. The first-order chi connectivity index (χ1) is 12.0. The summed E-state index contributed by atoms with van der Waals surface area (Å²) in [5.41, 5.74) is 0.815. The second kappa shape index (κ2) is 7.16. The molecule has 0 aliphatic carbocycles. The summed E-state index contributed by atoms with van der Waals surface area (Å²) in [4.78, 5) is 31.4. The van der Waals surface area contributed by atoms with Crippen LogP contribution in [0.5, 0.6) is 0 Å². The fraction of sp³-hybridized carbons (Fsp3) is 0.600. The maximum Gasteiger partial charge on any atom is 0.241 e. The third-order valence-corrected chi connectivity index (χ3v) is 5.98. The van der Waals surface area contributed by atoms with Crippen molar-refractivity contribution in [2.75, 3.05) is 38.1 Å². The number of piperazine rings is 1. The lowest BCUT2D eigenvalue weighted by molar-refractivity contribution is -0.135. The predicted octanol–water partition coefficient (Wildman–Crippen LogP) is 2.37. The molecular formula is C20H29N3O2. The summed E-state index contributed by atoms with van der Waals surface area (Å²) in [5, 5.41) is 0. The standard InChI is InChI=1S/C20H29N3O2/c1-4-16(5-2)19(25)22-12-11-20(14-22)15-23(18(24)13-21(20)3)17-9-7-6-8-10-17/h6-10,16H,4-5,11-15H2,1-3H3/t20-/m1/s1. The molecule has 5 nitrogen and oxygen atoms in total. The van der Waals surface area contributed by atoms with Gasteiger partial charge in [-0.2, -0.15) is 0 Å². The van der Waals surface area contributed by atoms with Crippen LogP contribution in [0.15, 0.2) is 30.3 Å². The van der Waals surface area contributed by atoms with E-state index in [1.807, 2.05) is 47.2 Å². The van der Waals surface area contributed by atoms with Crippen LogP contribution >= 0.6 is 0 Å². The number of carbonyl (C=O) groups is 2. The SMILES string of the molecule is CCC(CC)C(=O)N1CC[C@@]2(C1)CN(c1ccccc1)C(=O)CN2C. The highest BCUT2D eigenvalue weighted by atomic mass is 16.2. The van der Waals surface area contributed by atoms with Crippen molar-refractivity contribution in [3.63, 3.8) is 0 Å². The third kappa shape index (κ3) is 3.30. The molecule has 2 amide bonds. The molecule has 0 N–H and O–H groups in total. The van der Waals surface area contributed by atoms with E-state index in [4.69, 9.17) is 0 Å². The van der Waals surface area contributed by atoms with Crippen LogP contribution in [0.25, 0.3) is 0 Å². The molecule has 2 aliphatic rings. The van der Waals surface area contributed by atoms with Crippen LogP contribution in [-0.4, -0.2) is 60.4 Å². The number of benzene rings is 1. The molecule has 0 aromatic heterocycles. The van der Waals surface area contributed by atoms with E-state index in [0.29, 0.717) is 13.1 Å². The number of nitrogens with zero attached hydrogens (tertiary/aromatic N) is 3. The maximum absolute atomic E-state index is 12.8. The zero-order valence-electron chi connectivity index (χ0n) is 15.6. The first kappa shape index (κ1) is 17.9. The van der Waals surface area contributed by atoms with Crippen LogP contribution in [-0.2, 0) is 9.59 Å². The number of likely N-dealkylation sites (N-methyl/N-ethyl adjacent to an activating group) is 1. The van der Waals surface area contributed by atoms with Crippen LogP contribution in [0.3, 0.4) is 0 Å². The van der Waals surface area contributed by atoms with Gasteiger partial charge < -0.3 is 9.80 Å². The second-order valence-electron chi connectivity index (χ2n) is 7.42. The summed E-state index contributed by atoms with van der Waals surface area (Å²) >= 11 is 0. The van der Waals surface area contributed by atoms with Gasteiger partial charge in [-0.15, -0.1) is 0 Å². The number of para-hydroxylation sites is 1. The second-order valence-corrected chi connectivity index (χ2v) is 7.42. The molecule has 136 valence electrons. The number of amides is 2. The van der Waals surface area contributed by atoms with Gasteiger partial charge in [0, 0.05) is 31.2 Å². The zero-order valence-corrected chi connectivity index (χ0v) is 15.6. The van der Waals surface area contributed by atoms with E-state index in [-0.39, 0.29) is 23.3 Å². The number of hydrogen-bond donors (Lipinski definition) is 0. The number of anilines is 1. The highest BCUT2D eigenvalue weighted by Gasteiger charge is 2.49. The molecule has 0 unspecified atom stereocenters. The Hall–Kier alpha value is -1.88. The highest BCUT2D eigenvalue weighted by Crippen LogP contribution is 2.34. The molecule has 1 aromatic carbocycles. The fourth-order valence-corrected chi connectivity index (χ4v) is 4.18. The van der Waals surface area contributed by atoms with Gasteiger partial charge in [0.2, 0.25) is 11.8 Å². The number of carbonyl (C=O) groups excluding carboxylic acids is 2. The van der Waals surface area contributed by atoms with Gasteiger partial charge in [-0.05, 0) is 38.4 Å². The monoisotopic (exact) mass is 343 g/mol. The fourth-order valence-electron chi connectivity index (χ4n) is 4.18. The van der Waals surface area contributed by atoms with Crippen molar-refractivity contribution >= 4 is 17.5 Å². The van der Waals surface area contributed by atoms with E-state index in [1.54, 1.807) is 0 Å². The molecule has 5 heteroatoms. The maximum atomic E-state index is 12.8. The minimum absolute atomic E-state index is 0.121. The molecule has 1 aromatic rings. The van der Waals surface area contributed by atoms with Crippen molar-refractivity contribution < 1.29 is 9.59 Å². The molecule has 2 saturated heterocycles. The van der Waals surface area contributed by atoms with Gasteiger partial charge in [0.1, 0.15) is 0 Å². The van der Waals surface area contributed by atoms with Crippen LogP contribution in [0.4, 0.5) is 5.69 Å². The quantitative estimate of drug-likeness (QED) is 0.843. The Balaban J connectivity index is 1.79. The van der Waals surface area contributed by atoms with Crippen molar-refractivity contribution in [3.8, 4) is 0 Å². The molecule has 1 atom stereocenters. The van der Waals surface area contributed by atoms with Crippen LogP contribution in [0, 0.1) is 5.92 Å². The van der Waals surface area contributed by atoms with Crippen LogP contribution < -0.4 is 4.90 Å². The van der Waals surface area contributed by atoms with Crippen molar-refractivity contribution in [2.45, 2.75) is 38.6 Å². The Kier molecular flexibility index (Phi) is 5.13. The summed E-state index contributed by atoms with van der Waals surface area (Å²) < 4.78 is 0. The van der Waals surface area contributed by atoms with E-state index < -0.39 is 0 Å². The Morgan fingerprint density at radius 2 is 1.84 bits per heavy atom. The van der Waals surface area contributed by atoms with Crippen molar-refractivity contribution in [2.24, 2.45) is 5.92 Å². The first-order valence-electron chi connectivity index (χ1n) is 9.36. The van der Waals surface area contributed by atoms with Gasteiger partial charge in [0.25, 0.3) is 0 Å². The van der Waals surface area contributed by atoms with Crippen LogP contribution in [0.1, 0.15) is 33.1 Å². The molecule has 0 radical (unpaired) electrons. The topological polar surface area (TPSA) is 43.9 Å². The average molecular weight is 343 g/mol. The molecule has 1 spiro atoms. The van der Waals surface area contributed by atoms with Crippen LogP contribution in [0.2, 0.25) is 0 Å². The lowest BCUT2D eigenvalue weighted by Crippen LogP contribution is -2.64. The molecule has 2 fully saturated rings. The van der Waals surface area contributed by atoms with E-state index in [9.17, 15) is 9.59 Å². The molecule has 0 bridgehead atoms. The van der Waals surface area contributed by atoms with Gasteiger partial charge in [-0.25, -0.2) is 0 Å². The number of rotatable bonds is 4. The molecule has 0 saturated carbocycles. The number of hydrogen-bond acceptors (Lipinski definition) is 3. The Labute approximate surface area is 150 Å². The first-order valence-corrected chi connectivity index (χ1v) is 9.36. The highest BCUT2D eigenvalue weighted by molar-refractivity contribution is 5.96. The summed E-state index contributed by atoms with van der Waals surface area (Å²) in [6, 6.07) is 9.86.